The lowest BCUT2D eigenvalue weighted by Gasteiger charge is -2.14. The van der Waals surface area contributed by atoms with Crippen molar-refractivity contribution in [1.82, 2.24) is 5.32 Å². The summed E-state index contributed by atoms with van der Waals surface area (Å²) in [4.78, 5) is 0. The van der Waals surface area contributed by atoms with Crippen molar-refractivity contribution in [3.05, 3.63) is 24.8 Å². The molecule has 0 aliphatic rings. The van der Waals surface area contributed by atoms with E-state index in [2.05, 4.69) is 39.2 Å². The van der Waals surface area contributed by atoms with Gasteiger partial charge in [0.1, 0.15) is 0 Å². The molecule has 0 bridgehead atoms. The molecule has 0 aliphatic carbocycles. The van der Waals surface area contributed by atoms with E-state index in [9.17, 15) is 0 Å². The van der Waals surface area contributed by atoms with Gasteiger partial charge in [0.2, 0.25) is 0 Å². The lowest BCUT2D eigenvalue weighted by Crippen LogP contribution is -2.02. The number of likely N-dealkylation sites (N-methyl/N-ethyl adjacent to an activating group) is 1. The molecule has 1 nitrogen and oxygen atoms in total. The van der Waals surface area contributed by atoms with Crippen LogP contribution in [0.25, 0.3) is 0 Å². The van der Waals surface area contributed by atoms with Gasteiger partial charge in [0.05, 0.1) is 0 Å². The van der Waals surface area contributed by atoms with Gasteiger partial charge in [-0.05, 0) is 32.2 Å². The smallest absolute Gasteiger partial charge is 0.0129 e. The first-order chi connectivity index (χ1) is 8.17. The monoisotopic (exact) mass is 241 g/mol. The first kappa shape index (κ1) is 21.7. The fourth-order valence-corrected chi connectivity index (χ4v) is 1.48. The molecular weight excluding hydrogens is 206 g/mol. The molecule has 0 heterocycles. The zero-order chi connectivity index (χ0) is 14.1. The molecule has 0 radical (unpaired) electrons. The minimum absolute atomic E-state index is 0.787. The SMILES string of the molecule is C=C(CC)C(CC)CCC.C=CCNC.CC. The fraction of sp³-hybridized carbons (Fsp3) is 0.750. The molecule has 0 aromatic heterocycles. The molecule has 0 fully saturated rings. The Bertz CT molecular complexity index is 150. The van der Waals surface area contributed by atoms with Crippen LogP contribution in [0, 0.1) is 5.92 Å². The minimum Gasteiger partial charge on any atom is -0.316 e. The highest BCUT2D eigenvalue weighted by molar-refractivity contribution is 4.98. The van der Waals surface area contributed by atoms with Crippen LogP contribution >= 0.6 is 0 Å². The van der Waals surface area contributed by atoms with Crippen LogP contribution in [0.5, 0.6) is 0 Å². The fourth-order valence-electron chi connectivity index (χ4n) is 1.48. The van der Waals surface area contributed by atoms with Gasteiger partial charge in [0, 0.05) is 6.54 Å². The van der Waals surface area contributed by atoms with Crippen LogP contribution in [-0.2, 0) is 0 Å². The van der Waals surface area contributed by atoms with Crippen molar-refractivity contribution in [3.8, 4) is 0 Å². The van der Waals surface area contributed by atoms with Crippen LogP contribution in [0.3, 0.4) is 0 Å². The number of hydrogen-bond donors (Lipinski definition) is 1. The molecule has 0 spiro atoms. The van der Waals surface area contributed by atoms with Crippen molar-refractivity contribution in [1.29, 1.82) is 0 Å². The van der Waals surface area contributed by atoms with Crippen molar-refractivity contribution >= 4 is 0 Å². The van der Waals surface area contributed by atoms with Crippen molar-refractivity contribution < 1.29 is 0 Å². The minimum atomic E-state index is 0.787. The van der Waals surface area contributed by atoms with Crippen molar-refractivity contribution in [3.63, 3.8) is 0 Å². The highest BCUT2D eigenvalue weighted by Crippen LogP contribution is 2.21. The molecule has 17 heavy (non-hydrogen) atoms. The molecule has 104 valence electrons. The van der Waals surface area contributed by atoms with Crippen LogP contribution in [0.15, 0.2) is 24.8 Å². The maximum absolute atomic E-state index is 4.06. The van der Waals surface area contributed by atoms with Gasteiger partial charge in [-0.15, -0.1) is 6.58 Å². The summed E-state index contributed by atoms with van der Waals surface area (Å²) < 4.78 is 0. The second-order valence-corrected chi connectivity index (χ2v) is 3.75. The van der Waals surface area contributed by atoms with E-state index in [1.807, 2.05) is 27.0 Å². The van der Waals surface area contributed by atoms with Crippen molar-refractivity contribution in [2.24, 2.45) is 5.92 Å². The maximum atomic E-state index is 4.06. The lowest BCUT2D eigenvalue weighted by atomic mass is 9.91. The van der Waals surface area contributed by atoms with Crippen molar-refractivity contribution in [2.45, 2.75) is 60.3 Å². The Kier molecular flexibility index (Phi) is 26.6. The Hall–Kier alpha value is -0.560. The summed E-state index contributed by atoms with van der Waals surface area (Å²) in [5, 5.41) is 2.90. The first-order valence-electron chi connectivity index (χ1n) is 7.10. The van der Waals surface area contributed by atoms with Crippen LogP contribution < -0.4 is 5.32 Å². The number of nitrogens with one attached hydrogen (secondary N) is 1. The van der Waals surface area contributed by atoms with Gasteiger partial charge in [0.15, 0.2) is 0 Å². The second kappa shape index (κ2) is 20.8. The highest BCUT2D eigenvalue weighted by atomic mass is 14.8. The van der Waals surface area contributed by atoms with E-state index < -0.39 is 0 Å². The maximum Gasteiger partial charge on any atom is 0.0129 e. The first-order valence-corrected chi connectivity index (χ1v) is 7.10. The van der Waals surface area contributed by atoms with Gasteiger partial charge < -0.3 is 5.32 Å². The third kappa shape index (κ3) is 18.0. The van der Waals surface area contributed by atoms with E-state index in [1.165, 1.54) is 24.8 Å². The molecule has 0 aromatic rings. The Balaban J connectivity index is -0.000000236. The van der Waals surface area contributed by atoms with Crippen LogP contribution in [0.2, 0.25) is 0 Å². The normalized spacial score (nSPS) is 10.2. The van der Waals surface area contributed by atoms with Gasteiger partial charge in [-0.1, -0.05) is 59.3 Å². The third-order valence-electron chi connectivity index (χ3n) is 2.51. The zero-order valence-electron chi connectivity index (χ0n) is 13.1. The largest absolute Gasteiger partial charge is 0.316 e. The van der Waals surface area contributed by atoms with Crippen LogP contribution in [-0.4, -0.2) is 13.6 Å². The number of rotatable bonds is 7. The van der Waals surface area contributed by atoms with E-state index in [-0.39, 0.29) is 0 Å². The lowest BCUT2D eigenvalue weighted by molar-refractivity contribution is 0.523. The van der Waals surface area contributed by atoms with Gasteiger partial charge in [-0.2, -0.15) is 0 Å². The van der Waals surface area contributed by atoms with E-state index in [1.54, 1.807) is 0 Å². The standard InChI is InChI=1S/C10H20.C4H9N.C2H6/c1-5-8-10(7-3)9(4)6-2;1-3-4-5-2;1-2/h10H,4-8H2,1-3H3;3,5H,1,4H2,2H3;1-2H3. The average Bonchev–Trinajstić information content (AvgIpc) is 2.39. The van der Waals surface area contributed by atoms with Crippen LogP contribution in [0.4, 0.5) is 0 Å². The topological polar surface area (TPSA) is 12.0 Å². The molecular formula is C16H35N. The van der Waals surface area contributed by atoms with Gasteiger partial charge in [-0.25, -0.2) is 0 Å². The summed E-state index contributed by atoms with van der Waals surface area (Å²) >= 11 is 0. The van der Waals surface area contributed by atoms with E-state index in [0.29, 0.717) is 0 Å². The van der Waals surface area contributed by atoms with Gasteiger partial charge >= 0.3 is 0 Å². The Labute approximate surface area is 110 Å². The van der Waals surface area contributed by atoms with Crippen LogP contribution in [0.1, 0.15) is 60.3 Å². The predicted octanol–water partition coefficient (Wildman–Crippen LogP) is 5.20. The van der Waals surface area contributed by atoms with E-state index in [4.69, 9.17) is 0 Å². The molecule has 0 saturated heterocycles. The molecule has 1 atom stereocenters. The summed E-state index contributed by atoms with van der Waals surface area (Å²) in [6, 6.07) is 0. The molecule has 0 aromatic carbocycles. The Morgan fingerprint density at radius 3 is 1.94 bits per heavy atom. The molecule has 1 unspecified atom stereocenters. The molecule has 1 N–H and O–H groups in total. The molecule has 1 heteroatoms. The quantitative estimate of drug-likeness (QED) is 0.604. The number of allylic oxidation sites excluding steroid dienone is 1. The van der Waals surface area contributed by atoms with Gasteiger partial charge in [-0.3, -0.25) is 0 Å². The molecule has 0 amide bonds. The van der Waals surface area contributed by atoms with Crippen molar-refractivity contribution in [2.75, 3.05) is 13.6 Å². The summed E-state index contributed by atoms with van der Waals surface area (Å²) in [7, 11) is 1.89. The average molecular weight is 241 g/mol. The number of hydrogen-bond acceptors (Lipinski definition) is 1. The summed E-state index contributed by atoms with van der Waals surface area (Å²) in [5.74, 6) is 0.787. The molecule has 0 aliphatic heterocycles. The molecule has 0 saturated carbocycles. The Morgan fingerprint density at radius 1 is 1.24 bits per heavy atom. The summed E-state index contributed by atoms with van der Waals surface area (Å²) in [6.45, 7) is 19.1. The zero-order valence-corrected chi connectivity index (χ0v) is 13.1. The predicted molar refractivity (Wildman–Crippen MR) is 83.6 cm³/mol. The van der Waals surface area contributed by atoms with E-state index in [0.717, 1.165) is 18.9 Å². The second-order valence-electron chi connectivity index (χ2n) is 3.75. The van der Waals surface area contributed by atoms with E-state index >= 15 is 0 Å². The highest BCUT2D eigenvalue weighted by Gasteiger charge is 2.06. The summed E-state index contributed by atoms with van der Waals surface area (Å²) in [6.07, 6.45) is 6.85. The van der Waals surface area contributed by atoms with Gasteiger partial charge in [0.25, 0.3) is 0 Å². The summed E-state index contributed by atoms with van der Waals surface area (Å²) in [5.41, 5.74) is 1.43. The Morgan fingerprint density at radius 2 is 1.76 bits per heavy atom. The third-order valence-corrected chi connectivity index (χ3v) is 2.51. The molecule has 0 rings (SSSR count).